The molecule has 0 aliphatic carbocycles. The van der Waals surface area contributed by atoms with E-state index >= 15 is 0 Å². The number of fused-ring (bicyclic) bond motifs is 1. The summed E-state index contributed by atoms with van der Waals surface area (Å²) in [6.07, 6.45) is 0. The van der Waals surface area contributed by atoms with E-state index in [9.17, 15) is 14.4 Å². The molecule has 1 fully saturated rings. The van der Waals surface area contributed by atoms with Gasteiger partial charge in [-0.3, -0.25) is 9.59 Å². The zero-order chi connectivity index (χ0) is 15.2. The van der Waals surface area contributed by atoms with Gasteiger partial charge in [-0.2, -0.15) is 0 Å². The Labute approximate surface area is 120 Å². The molecule has 2 aliphatic heterocycles. The Hall–Kier alpha value is -2.67. The molecule has 0 radical (unpaired) electrons. The normalized spacial score (nSPS) is 24.2. The quantitative estimate of drug-likeness (QED) is 0.581. The number of ether oxygens (including phenoxy) is 1. The van der Waals surface area contributed by atoms with Crippen LogP contribution >= 0.6 is 0 Å². The minimum absolute atomic E-state index is 0.0308. The van der Waals surface area contributed by atoms with Crippen LogP contribution in [0.1, 0.15) is 6.92 Å². The van der Waals surface area contributed by atoms with E-state index in [1.54, 1.807) is 37.3 Å². The third kappa shape index (κ3) is 1.67. The molecular formula is C14H13N3O4. The summed E-state index contributed by atoms with van der Waals surface area (Å²) in [5, 5.41) is 0. The summed E-state index contributed by atoms with van der Waals surface area (Å²) in [7, 11) is 1.21. The van der Waals surface area contributed by atoms with Gasteiger partial charge in [0.15, 0.2) is 0 Å². The molecule has 7 heteroatoms. The molecule has 3 rings (SSSR count). The van der Waals surface area contributed by atoms with Gasteiger partial charge in [-0.15, -0.1) is 0 Å². The van der Waals surface area contributed by atoms with Crippen LogP contribution in [0.3, 0.4) is 0 Å². The van der Waals surface area contributed by atoms with Crippen LogP contribution in [0.4, 0.5) is 5.69 Å². The maximum Gasteiger partial charge on any atom is 0.356 e. The van der Waals surface area contributed by atoms with Gasteiger partial charge >= 0.3 is 5.97 Å². The third-order valence-electron chi connectivity index (χ3n) is 3.64. The molecule has 2 aliphatic rings. The Kier molecular flexibility index (Phi) is 2.80. The number of benzene rings is 1. The Morgan fingerprint density at radius 1 is 1.24 bits per heavy atom. The van der Waals surface area contributed by atoms with E-state index in [-0.39, 0.29) is 11.3 Å². The first-order valence-electron chi connectivity index (χ1n) is 6.31. The second-order valence-electron chi connectivity index (χ2n) is 4.90. The second-order valence-corrected chi connectivity index (χ2v) is 4.90. The average Bonchev–Trinajstić information content (AvgIpc) is 2.94. The van der Waals surface area contributed by atoms with Crippen molar-refractivity contribution in [3.63, 3.8) is 0 Å². The highest BCUT2D eigenvalue weighted by Crippen LogP contribution is 2.37. The largest absolute Gasteiger partial charge is 0.464 e. The number of nitrogens with zero attached hydrogens (tertiary/aromatic N) is 1. The van der Waals surface area contributed by atoms with Crippen molar-refractivity contribution in [1.82, 2.24) is 10.9 Å². The van der Waals surface area contributed by atoms with E-state index in [4.69, 9.17) is 0 Å². The van der Waals surface area contributed by atoms with Crippen LogP contribution in [0.25, 0.3) is 0 Å². The number of nitrogens with one attached hydrogen (secondary N) is 2. The number of para-hydroxylation sites is 1. The molecule has 0 spiro atoms. The summed E-state index contributed by atoms with van der Waals surface area (Å²) in [5.41, 5.74) is 4.49. The van der Waals surface area contributed by atoms with Crippen molar-refractivity contribution in [3.8, 4) is 0 Å². The lowest BCUT2D eigenvalue weighted by molar-refractivity contribution is -0.137. The first-order chi connectivity index (χ1) is 10.0. The van der Waals surface area contributed by atoms with E-state index < -0.39 is 23.3 Å². The topological polar surface area (TPSA) is 87.7 Å². The van der Waals surface area contributed by atoms with Crippen LogP contribution < -0.4 is 15.8 Å². The van der Waals surface area contributed by atoms with Crippen molar-refractivity contribution < 1.29 is 19.1 Å². The minimum Gasteiger partial charge on any atom is -0.464 e. The molecule has 1 aromatic rings. The lowest BCUT2D eigenvalue weighted by Gasteiger charge is -2.20. The molecule has 1 aromatic carbocycles. The van der Waals surface area contributed by atoms with E-state index in [0.29, 0.717) is 5.69 Å². The molecule has 2 N–H and O–H groups in total. The van der Waals surface area contributed by atoms with E-state index in [2.05, 4.69) is 15.6 Å². The highest BCUT2D eigenvalue weighted by Gasteiger charge is 2.58. The van der Waals surface area contributed by atoms with Crippen molar-refractivity contribution in [2.45, 2.75) is 12.5 Å². The van der Waals surface area contributed by atoms with Crippen molar-refractivity contribution in [2.75, 3.05) is 12.0 Å². The number of anilines is 1. The second kappa shape index (κ2) is 4.42. The molecule has 7 nitrogen and oxygen atoms in total. The summed E-state index contributed by atoms with van der Waals surface area (Å²) in [6.45, 7) is 1.55. The number of imide groups is 1. The van der Waals surface area contributed by atoms with Gasteiger partial charge in [0.1, 0.15) is 11.2 Å². The highest BCUT2D eigenvalue weighted by molar-refractivity contribution is 6.34. The number of carbonyl (C=O) groups is 3. The van der Waals surface area contributed by atoms with Gasteiger partial charge in [-0.05, 0) is 19.1 Å². The van der Waals surface area contributed by atoms with Gasteiger partial charge in [-0.1, -0.05) is 18.2 Å². The number of hydrazine groups is 1. The SMILES string of the molecule is COC(=O)C1=C2C(=O)N(c3ccccc3)C(=O)C2(C)NN1. The fourth-order valence-corrected chi connectivity index (χ4v) is 2.54. The number of hydrogen-bond donors (Lipinski definition) is 2. The molecular weight excluding hydrogens is 274 g/mol. The van der Waals surface area contributed by atoms with Crippen molar-refractivity contribution in [1.29, 1.82) is 0 Å². The van der Waals surface area contributed by atoms with Crippen molar-refractivity contribution in [2.24, 2.45) is 0 Å². The lowest BCUT2D eigenvalue weighted by Crippen LogP contribution is -2.51. The standard InChI is InChI=1S/C14H13N3O4/c1-14-9(10(15-16-14)12(19)21-2)11(18)17(13(14)20)8-6-4-3-5-7-8/h3-7,15-16H,1-2H3. The molecule has 108 valence electrons. The van der Waals surface area contributed by atoms with E-state index in [1.807, 2.05) is 0 Å². The fourth-order valence-electron chi connectivity index (χ4n) is 2.54. The van der Waals surface area contributed by atoms with Crippen LogP contribution in [0.15, 0.2) is 41.6 Å². The Morgan fingerprint density at radius 2 is 1.90 bits per heavy atom. The molecule has 0 saturated carbocycles. The number of amides is 2. The Morgan fingerprint density at radius 3 is 2.52 bits per heavy atom. The summed E-state index contributed by atoms with van der Waals surface area (Å²) in [6, 6.07) is 8.56. The maximum atomic E-state index is 12.6. The number of methoxy groups -OCH3 is 1. The summed E-state index contributed by atoms with van der Waals surface area (Å²) in [5.74, 6) is -1.68. The fraction of sp³-hybridized carbons (Fsp3) is 0.214. The van der Waals surface area contributed by atoms with Gasteiger partial charge in [0.25, 0.3) is 11.8 Å². The predicted molar refractivity (Wildman–Crippen MR) is 72.7 cm³/mol. The molecule has 2 heterocycles. The van der Waals surface area contributed by atoms with Gasteiger partial charge < -0.3 is 10.2 Å². The lowest BCUT2D eigenvalue weighted by atomic mass is 9.95. The monoisotopic (exact) mass is 287 g/mol. The Balaban J connectivity index is 2.13. The first kappa shape index (κ1) is 13.3. The zero-order valence-corrected chi connectivity index (χ0v) is 11.5. The average molecular weight is 287 g/mol. The molecule has 1 atom stereocenters. The summed E-state index contributed by atoms with van der Waals surface area (Å²) < 4.78 is 4.63. The van der Waals surface area contributed by atoms with Gasteiger partial charge in [-0.25, -0.2) is 15.1 Å². The predicted octanol–water partition coefficient (Wildman–Crippen LogP) is -0.147. The van der Waals surface area contributed by atoms with Crippen LogP contribution in [0.2, 0.25) is 0 Å². The summed E-state index contributed by atoms with van der Waals surface area (Å²) in [4.78, 5) is 38.0. The molecule has 0 bridgehead atoms. The molecule has 21 heavy (non-hydrogen) atoms. The van der Waals surface area contributed by atoms with Crippen LogP contribution in [-0.4, -0.2) is 30.4 Å². The smallest absolute Gasteiger partial charge is 0.356 e. The van der Waals surface area contributed by atoms with E-state index in [0.717, 1.165) is 4.90 Å². The number of rotatable bonds is 2. The maximum absolute atomic E-state index is 12.6. The van der Waals surface area contributed by atoms with E-state index in [1.165, 1.54) is 7.11 Å². The number of hydrogen-bond acceptors (Lipinski definition) is 6. The Bertz CT molecular complexity index is 683. The third-order valence-corrected chi connectivity index (χ3v) is 3.64. The first-order valence-corrected chi connectivity index (χ1v) is 6.31. The molecule has 0 aromatic heterocycles. The highest BCUT2D eigenvalue weighted by atomic mass is 16.5. The zero-order valence-electron chi connectivity index (χ0n) is 11.5. The minimum atomic E-state index is -1.28. The van der Waals surface area contributed by atoms with Crippen LogP contribution in [0.5, 0.6) is 0 Å². The number of esters is 1. The molecule has 1 saturated heterocycles. The van der Waals surface area contributed by atoms with Crippen LogP contribution in [-0.2, 0) is 19.1 Å². The van der Waals surface area contributed by atoms with Crippen molar-refractivity contribution >= 4 is 23.5 Å². The van der Waals surface area contributed by atoms with Gasteiger partial charge in [0.05, 0.1) is 18.4 Å². The molecule has 1 unspecified atom stereocenters. The van der Waals surface area contributed by atoms with Crippen molar-refractivity contribution in [3.05, 3.63) is 41.6 Å². The number of carbonyl (C=O) groups excluding carboxylic acids is 3. The summed E-state index contributed by atoms with van der Waals surface area (Å²) >= 11 is 0. The van der Waals surface area contributed by atoms with Gasteiger partial charge in [0, 0.05) is 0 Å². The molecule has 2 amide bonds. The van der Waals surface area contributed by atoms with Gasteiger partial charge in [0.2, 0.25) is 0 Å². The van der Waals surface area contributed by atoms with Crippen LogP contribution in [0, 0.1) is 0 Å².